The maximum atomic E-state index is 12.6. The highest BCUT2D eigenvalue weighted by atomic mass is 16.6. The Hall–Kier alpha value is -4.34. The Bertz CT molecular complexity index is 1200. The lowest BCUT2D eigenvalue weighted by atomic mass is 10.0. The number of amidine groups is 1. The molecule has 2 amide bonds. The average Bonchev–Trinajstić information content (AvgIpc) is 2.87. The maximum absolute atomic E-state index is 12.6. The van der Waals surface area contributed by atoms with Crippen molar-refractivity contribution in [2.45, 2.75) is 52.2 Å². The second kappa shape index (κ2) is 12.8. The number of benzene rings is 2. The standard InChI is InChI=1S/C28H36N6O4/c1-19(32-21-9-8-16-34(17-21)27(36)38-28(2,3)4)24(26(30)33-31-18-35)25(29)20-12-14-23(15-13-20)37-22-10-6-5-7-11-22/h5-7,10-15,18,21H,8-9,16-17,29H2,1-4H3,(H2,30,33)(H,31,35). The molecule has 202 valence electrons. The Balaban J connectivity index is 1.87. The molecule has 1 heterocycles. The summed E-state index contributed by atoms with van der Waals surface area (Å²) >= 11 is 0. The number of likely N-dealkylation sites (tertiary alicyclic amines) is 1. The van der Waals surface area contributed by atoms with Crippen LogP contribution in [0.3, 0.4) is 0 Å². The summed E-state index contributed by atoms with van der Waals surface area (Å²) in [7, 11) is 0. The molecule has 0 radical (unpaired) electrons. The van der Waals surface area contributed by atoms with Crippen molar-refractivity contribution in [3.8, 4) is 11.5 Å². The molecule has 2 aromatic rings. The lowest BCUT2D eigenvalue weighted by molar-refractivity contribution is -0.109. The van der Waals surface area contributed by atoms with Gasteiger partial charge in [-0.05, 0) is 82.5 Å². The van der Waals surface area contributed by atoms with Gasteiger partial charge in [-0.2, -0.15) is 5.10 Å². The van der Waals surface area contributed by atoms with Gasteiger partial charge in [-0.1, -0.05) is 18.2 Å². The van der Waals surface area contributed by atoms with Gasteiger partial charge in [0.05, 0.1) is 17.3 Å². The zero-order chi connectivity index (χ0) is 27.7. The average molecular weight is 521 g/mol. The highest BCUT2D eigenvalue weighted by molar-refractivity contribution is 6.26. The smallest absolute Gasteiger partial charge is 0.410 e. The van der Waals surface area contributed by atoms with Crippen LogP contribution in [-0.2, 0) is 9.53 Å². The van der Waals surface area contributed by atoms with Gasteiger partial charge >= 0.3 is 6.09 Å². The number of nitrogens with two attached hydrogens (primary N) is 2. The number of hydrogen-bond donors (Lipinski definition) is 3. The second-order valence-electron chi connectivity index (χ2n) is 9.91. The van der Waals surface area contributed by atoms with E-state index in [1.165, 1.54) is 0 Å². The highest BCUT2D eigenvalue weighted by Gasteiger charge is 2.28. The summed E-state index contributed by atoms with van der Waals surface area (Å²) in [5, 5.41) is 3.91. The van der Waals surface area contributed by atoms with Gasteiger partial charge in [0.25, 0.3) is 0 Å². The molecule has 5 N–H and O–H groups in total. The van der Waals surface area contributed by atoms with E-state index in [0.29, 0.717) is 47.8 Å². The molecule has 0 bridgehead atoms. The molecule has 1 saturated heterocycles. The van der Waals surface area contributed by atoms with Crippen molar-refractivity contribution in [2.75, 3.05) is 13.1 Å². The number of rotatable bonds is 8. The van der Waals surface area contributed by atoms with Crippen molar-refractivity contribution in [1.82, 2.24) is 10.3 Å². The monoisotopic (exact) mass is 520 g/mol. The Kier molecular flexibility index (Phi) is 9.48. The fourth-order valence-corrected chi connectivity index (χ4v) is 4.03. The number of nitrogens with zero attached hydrogens (tertiary/aromatic N) is 3. The van der Waals surface area contributed by atoms with Crippen molar-refractivity contribution >= 4 is 29.7 Å². The van der Waals surface area contributed by atoms with Crippen LogP contribution in [0, 0.1) is 0 Å². The molecular weight excluding hydrogens is 484 g/mol. The molecule has 38 heavy (non-hydrogen) atoms. The van der Waals surface area contributed by atoms with Crippen LogP contribution in [0.4, 0.5) is 4.79 Å². The van der Waals surface area contributed by atoms with Gasteiger partial charge < -0.3 is 25.8 Å². The third kappa shape index (κ3) is 8.09. The molecule has 1 atom stereocenters. The molecular formula is C28H36N6O4. The van der Waals surface area contributed by atoms with Crippen LogP contribution >= 0.6 is 0 Å². The van der Waals surface area contributed by atoms with Gasteiger partial charge in [-0.15, -0.1) is 0 Å². The van der Waals surface area contributed by atoms with E-state index < -0.39 is 5.60 Å². The molecule has 0 aromatic heterocycles. The number of amides is 2. The zero-order valence-corrected chi connectivity index (χ0v) is 22.3. The molecule has 0 spiro atoms. The van der Waals surface area contributed by atoms with Gasteiger partial charge in [0.1, 0.15) is 17.1 Å². The Labute approximate surface area is 223 Å². The molecule has 1 fully saturated rings. The minimum absolute atomic E-state index is 0.0141. The molecule has 2 aromatic carbocycles. The molecule has 1 aliphatic heterocycles. The third-order valence-corrected chi connectivity index (χ3v) is 5.69. The van der Waals surface area contributed by atoms with E-state index in [4.69, 9.17) is 25.9 Å². The van der Waals surface area contributed by atoms with Crippen molar-refractivity contribution in [1.29, 1.82) is 0 Å². The van der Waals surface area contributed by atoms with Crippen LogP contribution < -0.4 is 21.6 Å². The summed E-state index contributed by atoms with van der Waals surface area (Å²) in [5.41, 5.74) is 16.4. The molecule has 0 aliphatic carbocycles. The first-order chi connectivity index (χ1) is 18.1. The minimum Gasteiger partial charge on any atom is -0.457 e. The zero-order valence-electron chi connectivity index (χ0n) is 22.3. The molecule has 1 aliphatic rings. The number of ether oxygens (including phenoxy) is 2. The Morgan fingerprint density at radius 1 is 1.08 bits per heavy atom. The second-order valence-corrected chi connectivity index (χ2v) is 9.91. The van der Waals surface area contributed by atoms with E-state index >= 15 is 0 Å². The lowest BCUT2D eigenvalue weighted by Gasteiger charge is -2.33. The van der Waals surface area contributed by atoms with Gasteiger partial charge in [0.2, 0.25) is 6.41 Å². The van der Waals surface area contributed by atoms with Crippen molar-refractivity contribution in [3.05, 3.63) is 65.7 Å². The first kappa shape index (κ1) is 28.2. The quantitative estimate of drug-likeness (QED) is 0.207. The van der Waals surface area contributed by atoms with Gasteiger partial charge in [-0.25, -0.2) is 10.2 Å². The van der Waals surface area contributed by atoms with Crippen LogP contribution in [0.15, 0.2) is 70.3 Å². The Morgan fingerprint density at radius 2 is 1.74 bits per heavy atom. The van der Waals surface area contributed by atoms with Crippen LogP contribution in [-0.4, -0.2) is 53.7 Å². The van der Waals surface area contributed by atoms with Crippen molar-refractivity contribution in [3.63, 3.8) is 0 Å². The van der Waals surface area contributed by atoms with E-state index in [-0.39, 0.29) is 18.0 Å². The summed E-state index contributed by atoms with van der Waals surface area (Å²) < 4.78 is 11.4. The topological polar surface area (TPSA) is 145 Å². The van der Waals surface area contributed by atoms with Crippen molar-refractivity contribution < 1.29 is 19.1 Å². The number of nitrogens with one attached hydrogen (secondary N) is 1. The van der Waals surface area contributed by atoms with Crippen LogP contribution in [0.2, 0.25) is 0 Å². The van der Waals surface area contributed by atoms with Crippen LogP contribution in [0.25, 0.3) is 5.70 Å². The van der Waals surface area contributed by atoms with Gasteiger partial charge in [0, 0.05) is 18.8 Å². The first-order valence-corrected chi connectivity index (χ1v) is 12.5. The number of piperidine rings is 1. The SMILES string of the molecule is CC(=NC1CCCN(C(=O)OC(C)(C)C)C1)C(=C(N)c1ccc(Oc2ccccc2)cc1)/C(N)=N\NC=O. The predicted octanol–water partition coefficient (Wildman–Crippen LogP) is 4.03. The van der Waals surface area contributed by atoms with Crippen LogP contribution in [0.1, 0.15) is 46.1 Å². The third-order valence-electron chi connectivity index (χ3n) is 5.69. The summed E-state index contributed by atoms with van der Waals surface area (Å²) in [6.45, 7) is 8.31. The number of para-hydroxylation sites is 1. The largest absolute Gasteiger partial charge is 0.457 e. The van der Waals surface area contributed by atoms with Gasteiger partial charge in [-0.3, -0.25) is 9.79 Å². The fraction of sp³-hybridized carbons (Fsp3) is 0.357. The van der Waals surface area contributed by atoms with E-state index in [0.717, 1.165) is 18.6 Å². The van der Waals surface area contributed by atoms with E-state index in [1.807, 2.05) is 63.2 Å². The van der Waals surface area contributed by atoms with E-state index in [9.17, 15) is 9.59 Å². The maximum Gasteiger partial charge on any atom is 0.410 e. The highest BCUT2D eigenvalue weighted by Crippen LogP contribution is 2.24. The number of hydrogen-bond acceptors (Lipinski definition) is 7. The summed E-state index contributed by atoms with van der Waals surface area (Å²) in [6.07, 6.45) is 1.63. The number of carbonyl (C=O) groups is 2. The number of aliphatic imine (C=N–C) groups is 1. The van der Waals surface area contributed by atoms with Gasteiger partial charge in [0.15, 0.2) is 5.84 Å². The van der Waals surface area contributed by atoms with E-state index in [1.54, 1.807) is 24.0 Å². The number of hydrazone groups is 1. The minimum atomic E-state index is -0.578. The molecule has 1 unspecified atom stereocenters. The molecule has 10 nitrogen and oxygen atoms in total. The number of carbonyl (C=O) groups excluding carboxylic acids is 2. The fourth-order valence-electron chi connectivity index (χ4n) is 4.03. The lowest BCUT2D eigenvalue weighted by Crippen LogP contribution is -2.44. The normalized spacial score (nSPS) is 17.4. The van der Waals surface area contributed by atoms with Crippen LogP contribution in [0.5, 0.6) is 11.5 Å². The molecule has 10 heteroatoms. The summed E-state index contributed by atoms with van der Waals surface area (Å²) in [5.74, 6) is 1.38. The Morgan fingerprint density at radius 3 is 2.37 bits per heavy atom. The summed E-state index contributed by atoms with van der Waals surface area (Å²) in [4.78, 5) is 29.9. The first-order valence-electron chi connectivity index (χ1n) is 12.5. The van der Waals surface area contributed by atoms with E-state index in [2.05, 4.69) is 10.5 Å². The van der Waals surface area contributed by atoms with Crippen molar-refractivity contribution in [2.24, 2.45) is 21.6 Å². The molecule has 0 saturated carbocycles. The predicted molar refractivity (Wildman–Crippen MR) is 149 cm³/mol. The molecule has 3 rings (SSSR count). The summed E-state index contributed by atoms with van der Waals surface area (Å²) in [6, 6.07) is 16.5.